The lowest BCUT2D eigenvalue weighted by molar-refractivity contribution is 0.112. The Labute approximate surface area is 156 Å². The number of aromatic nitrogens is 3. The molecule has 0 radical (unpaired) electrons. The zero-order valence-electron chi connectivity index (χ0n) is 15.5. The number of imidazole rings is 1. The maximum Gasteiger partial charge on any atom is 0.157 e. The monoisotopic (exact) mass is 360 g/mol. The first-order valence-corrected chi connectivity index (χ1v) is 9.00. The van der Waals surface area contributed by atoms with Crippen LogP contribution in [0.5, 0.6) is 5.75 Å². The third-order valence-electron chi connectivity index (χ3n) is 5.43. The number of nitrogens with zero attached hydrogens (tertiary/aromatic N) is 3. The number of hydrogen-bond donors (Lipinski definition) is 1. The van der Waals surface area contributed by atoms with Gasteiger partial charge in [-0.1, -0.05) is 12.1 Å². The molecule has 1 unspecified atom stereocenters. The summed E-state index contributed by atoms with van der Waals surface area (Å²) in [6.07, 6.45) is 0.825. The number of nitrogens with one attached hydrogen (secondary N) is 1. The van der Waals surface area contributed by atoms with E-state index in [1.807, 2.05) is 13.1 Å². The molecule has 2 aromatic carbocycles. The van der Waals surface area contributed by atoms with E-state index in [0.717, 1.165) is 41.1 Å². The lowest BCUT2D eigenvalue weighted by Gasteiger charge is -2.26. The van der Waals surface area contributed by atoms with Crippen molar-refractivity contribution in [2.75, 3.05) is 19.0 Å². The molecule has 6 nitrogen and oxygen atoms in total. The van der Waals surface area contributed by atoms with Gasteiger partial charge in [-0.05, 0) is 31.2 Å². The van der Waals surface area contributed by atoms with Crippen LogP contribution in [0.25, 0.3) is 33.5 Å². The molecule has 1 N–H and O–H groups in total. The van der Waals surface area contributed by atoms with Crippen LogP contribution in [-0.4, -0.2) is 34.1 Å². The molecule has 0 bridgehead atoms. The van der Waals surface area contributed by atoms with Crippen molar-refractivity contribution in [2.24, 2.45) is 7.05 Å². The topological polar surface area (TPSA) is 61.1 Å². The van der Waals surface area contributed by atoms with Gasteiger partial charge in [-0.2, -0.15) is 0 Å². The zero-order valence-corrected chi connectivity index (χ0v) is 15.5. The quantitative estimate of drug-likeness (QED) is 0.561. The summed E-state index contributed by atoms with van der Waals surface area (Å²) in [5, 5.41) is 4.70. The second kappa shape index (κ2) is 5.61. The molecule has 0 aliphatic carbocycles. The molecule has 2 aromatic heterocycles. The van der Waals surface area contributed by atoms with Gasteiger partial charge >= 0.3 is 0 Å². The Bertz CT molecular complexity index is 1220. The van der Waals surface area contributed by atoms with E-state index in [2.05, 4.69) is 45.6 Å². The van der Waals surface area contributed by atoms with E-state index in [1.165, 1.54) is 10.9 Å². The molecule has 4 aromatic rings. The maximum atomic E-state index is 11.3. The van der Waals surface area contributed by atoms with Gasteiger partial charge in [-0.25, -0.2) is 4.98 Å². The lowest BCUT2D eigenvalue weighted by Crippen LogP contribution is -2.22. The van der Waals surface area contributed by atoms with Gasteiger partial charge in [-0.3, -0.25) is 4.79 Å². The number of ether oxygens (including phenoxy) is 1. The Balaban J connectivity index is 1.85. The Morgan fingerprint density at radius 2 is 2.11 bits per heavy atom. The molecule has 1 aliphatic heterocycles. The van der Waals surface area contributed by atoms with E-state index in [-0.39, 0.29) is 0 Å². The third-order valence-corrected chi connectivity index (χ3v) is 5.43. The van der Waals surface area contributed by atoms with Crippen molar-refractivity contribution in [1.29, 1.82) is 0 Å². The fraction of sp³-hybridized carbons (Fsp3) is 0.238. The smallest absolute Gasteiger partial charge is 0.157 e. The van der Waals surface area contributed by atoms with Crippen molar-refractivity contribution in [3.05, 3.63) is 42.0 Å². The number of anilines is 1. The summed E-state index contributed by atoms with van der Waals surface area (Å²) in [5.74, 6) is 1.52. The first-order valence-electron chi connectivity index (χ1n) is 9.00. The van der Waals surface area contributed by atoms with Crippen LogP contribution >= 0.6 is 0 Å². The molecule has 0 amide bonds. The summed E-state index contributed by atoms with van der Waals surface area (Å²) in [4.78, 5) is 16.2. The summed E-state index contributed by atoms with van der Waals surface area (Å²) in [5.41, 5.74) is 5.63. The molecule has 27 heavy (non-hydrogen) atoms. The molecule has 1 atom stereocenters. The van der Waals surface area contributed by atoms with Crippen molar-refractivity contribution in [3.8, 4) is 17.3 Å². The number of rotatable bonds is 3. The molecule has 0 spiro atoms. The molecule has 136 valence electrons. The van der Waals surface area contributed by atoms with Crippen molar-refractivity contribution < 1.29 is 9.53 Å². The van der Waals surface area contributed by atoms with E-state index in [1.54, 1.807) is 13.2 Å². The number of hydrogen-bond acceptors (Lipinski definition) is 4. The second-order valence-corrected chi connectivity index (χ2v) is 7.08. The number of aldehydes is 1. The molecule has 0 saturated carbocycles. The van der Waals surface area contributed by atoms with Gasteiger partial charge in [0.15, 0.2) is 5.82 Å². The van der Waals surface area contributed by atoms with Crippen LogP contribution in [0.3, 0.4) is 0 Å². The highest BCUT2D eigenvalue weighted by Crippen LogP contribution is 2.39. The van der Waals surface area contributed by atoms with Crippen molar-refractivity contribution in [2.45, 2.75) is 13.0 Å². The molecular formula is C21H20N4O2. The number of fused-ring (bicyclic) bond motifs is 1. The number of carbonyl (C=O) groups excluding carboxylic acids is 1. The fourth-order valence-corrected chi connectivity index (χ4v) is 4.19. The predicted molar refractivity (Wildman–Crippen MR) is 107 cm³/mol. The van der Waals surface area contributed by atoms with E-state index >= 15 is 0 Å². The maximum absolute atomic E-state index is 11.3. The van der Waals surface area contributed by atoms with Crippen LogP contribution in [0.4, 0.5) is 5.69 Å². The Hall–Kier alpha value is -3.28. The largest absolute Gasteiger partial charge is 0.494 e. The first kappa shape index (κ1) is 15.9. The average Bonchev–Trinajstić information content (AvgIpc) is 3.23. The van der Waals surface area contributed by atoms with Crippen molar-refractivity contribution in [3.63, 3.8) is 0 Å². The normalized spacial score (nSPS) is 15.9. The highest BCUT2D eigenvalue weighted by molar-refractivity contribution is 5.97. The minimum Gasteiger partial charge on any atom is -0.494 e. The van der Waals surface area contributed by atoms with E-state index in [4.69, 9.17) is 9.72 Å². The number of methoxy groups -OCH3 is 1. The number of para-hydroxylation sites is 1. The van der Waals surface area contributed by atoms with Crippen molar-refractivity contribution in [1.82, 2.24) is 14.1 Å². The highest BCUT2D eigenvalue weighted by Gasteiger charge is 2.25. The zero-order chi connectivity index (χ0) is 18.7. The summed E-state index contributed by atoms with van der Waals surface area (Å²) in [7, 11) is 3.61. The van der Waals surface area contributed by atoms with Gasteiger partial charge in [0.1, 0.15) is 17.6 Å². The van der Waals surface area contributed by atoms with E-state index < -0.39 is 0 Å². The predicted octanol–water partition coefficient (Wildman–Crippen LogP) is 4.00. The van der Waals surface area contributed by atoms with Gasteiger partial charge in [0.2, 0.25) is 0 Å². The van der Waals surface area contributed by atoms with Gasteiger partial charge in [0, 0.05) is 30.6 Å². The SMILES string of the molecule is COc1cc(C=O)cc2nc(-c3cc4cccc5c4n3C(C)CN5)n(C)c12. The van der Waals surface area contributed by atoms with Gasteiger partial charge < -0.3 is 19.2 Å². The molecule has 1 aliphatic rings. The van der Waals surface area contributed by atoms with Crippen LogP contribution in [-0.2, 0) is 7.05 Å². The lowest BCUT2D eigenvalue weighted by atomic mass is 10.1. The Morgan fingerprint density at radius 1 is 1.26 bits per heavy atom. The van der Waals surface area contributed by atoms with Crippen molar-refractivity contribution >= 4 is 33.9 Å². The summed E-state index contributed by atoms with van der Waals surface area (Å²) in [6, 6.07) is 12.4. The van der Waals surface area contributed by atoms with Gasteiger partial charge in [0.25, 0.3) is 0 Å². The van der Waals surface area contributed by atoms with E-state index in [0.29, 0.717) is 17.4 Å². The number of carbonyl (C=O) groups is 1. The number of benzene rings is 2. The summed E-state index contributed by atoms with van der Waals surface area (Å²) < 4.78 is 9.94. The van der Waals surface area contributed by atoms with E-state index in [9.17, 15) is 4.79 Å². The Morgan fingerprint density at radius 3 is 2.89 bits per heavy atom. The minimum atomic E-state index is 0.305. The third kappa shape index (κ3) is 2.13. The molecule has 5 rings (SSSR count). The van der Waals surface area contributed by atoms with Gasteiger partial charge in [0.05, 0.1) is 29.5 Å². The molecular weight excluding hydrogens is 340 g/mol. The Kier molecular flexibility index (Phi) is 3.31. The van der Waals surface area contributed by atoms with Crippen LogP contribution in [0, 0.1) is 0 Å². The molecule has 3 heterocycles. The summed E-state index contributed by atoms with van der Waals surface area (Å²) in [6.45, 7) is 3.08. The second-order valence-electron chi connectivity index (χ2n) is 7.08. The molecule has 0 saturated heterocycles. The number of aryl methyl sites for hydroxylation is 1. The standard InChI is InChI=1S/C21H20N4O2/c1-12-10-22-15-6-4-5-14-9-17(25(12)19(14)15)21-23-16-7-13(11-26)8-18(27-3)20(16)24(21)2/h4-9,11-12,22H,10H2,1-3H3. The summed E-state index contributed by atoms with van der Waals surface area (Å²) >= 11 is 0. The van der Waals surface area contributed by atoms with Crippen LogP contribution in [0.1, 0.15) is 23.3 Å². The van der Waals surface area contributed by atoms with Crippen LogP contribution in [0.2, 0.25) is 0 Å². The van der Waals surface area contributed by atoms with Gasteiger partial charge in [-0.15, -0.1) is 0 Å². The van der Waals surface area contributed by atoms with Crippen LogP contribution < -0.4 is 10.1 Å². The molecule has 6 heteroatoms. The first-order chi connectivity index (χ1) is 13.1. The highest BCUT2D eigenvalue weighted by atomic mass is 16.5. The fourth-order valence-electron chi connectivity index (χ4n) is 4.19. The average molecular weight is 360 g/mol. The van der Waals surface area contributed by atoms with Crippen LogP contribution in [0.15, 0.2) is 36.4 Å². The minimum absolute atomic E-state index is 0.305. The molecule has 0 fully saturated rings.